The zero-order valence-corrected chi connectivity index (χ0v) is 12.4. The van der Waals surface area contributed by atoms with Crippen LogP contribution in [0.5, 0.6) is 5.75 Å². The van der Waals surface area contributed by atoms with Gasteiger partial charge in [0.05, 0.1) is 5.69 Å². The zero-order chi connectivity index (χ0) is 13.2. The van der Waals surface area contributed by atoms with Crippen LogP contribution in [0.2, 0.25) is 0 Å². The molecule has 3 nitrogen and oxygen atoms in total. The standard InChI is InChI=1S/C15H18BrNO2/c16-15(10-4-2-1-3-5-10)11-6-7-13-12(8-11)17-14(18)9-19-13/h6-8,10,15H,1-5,9H2,(H,17,18). The van der Waals surface area contributed by atoms with Crippen LogP contribution in [0.25, 0.3) is 0 Å². The van der Waals surface area contributed by atoms with Gasteiger partial charge in [-0.2, -0.15) is 0 Å². The van der Waals surface area contributed by atoms with Gasteiger partial charge in [0, 0.05) is 4.83 Å². The third kappa shape index (κ3) is 2.78. The Morgan fingerprint density at radius 3 is 2.84 bits per heavy atom. The Bertz CT molecular complexity index is 483. The second-order valence-electron chi connectivity index (χ2n) is 5.39. The molecule has 1 heterocycles. The van der Waals surface area contributed by atoms with E-state index in [0.717, 1.165) is 11.4 Å². The molecule has 1 aromatic carbocycles. The molecule has 1 atom stereocenters. The monoisotopic (exact) mass is 323 g/mol. The number of carbonyl (C=O) groups excluding carboxylic acids is 1. The Hall–Kier alpha value is -1.03. The Labute approximate surface area is 121 Å². The summed E-state index contributed by atoms with van der Waals surface area (Å²) in [7, 11) is 0. The SMILES string of the molecule is O=C1COc2ccc(C(Br)C3CCCCC3)cc2N1. The van der Waals surface area contributed by atoms with E-state index in [1.165, 1.54) is 37.7 Å². The van der Waals surface area contributed by atoms with Crippen molar-refractivity contribution in [1.29, 1.82) is 0 Å². The predicted molar refractivity (Wildman–Crippen MR) is 78.8 cm³/mol. The van der Waals surface area contributed by atoms with E-state index < -0.39 is 0 Å². The second-order valence-corrected chi connectivity index (χ2v) is 6.38. The van der Waals surface area contributed by atoms with Gasteiger partial charge in [-0.05, 0) is 36.5 Å². The Balaban J connectivity index is 1.80. The zero-order valence-electron chi connectivity index (χ0n) is 10.8. The maximum absolute atomic E-state index is 11.4. The van der Waals surface area contributed by atoms with Crippen LogP contribution < -0.4 is 10.1 Å². The average Bonchev–Trinajstić information content (AvgIpc) is 2.46. The van der Waals surface area contributed by atoms with Gasteiger partial charge >= 0.3 is 0 Å². The van der Waals surface area contributed by atoms with Crippen molar-refractivity contribution in [3.05, 3.63) is 23.8 Å². The molecule has 102 valence electrons. The minimum atomic E-state index is -0.0755. The lowest BCUT2D eigenvalue weighted by Gasteiger charge is -2.27. The highest BCUT2D eigenvalue weighted by molar-refractivity contribution is 9.09. The number of ether oxygens (including phenoxy) is 1. The van der Waals surface area contributed by atoms with Gasteiger partial charge in [0.2, 0.25) is 0 Å². The number of carbonyl (C=O) groups is 1. The highest BCUT2D eigenvalue weighted by atomic mass is 79.9. The highest BCUT2D eigenvalue weighted by Gasteiger charge is 2.24. The summed E-state index contributed by atoms with van der Waals surface area (Å²) in [6.07, 6.45) is 6.60. The molecule has 1 amide bonds. The normalized spacial score (nSPS) is 21.2. The Morgan fingerprint density at radius 1 is 1.26 bits per heavy atom. The summed E-state index contributed by atoms with van der Waals surface area (Å²) in [4.78, 5) is 11.7. The molecular formula is C15H18BrNO2. The number of hydrogen-bond acceptors (Lipinski definition) is 2. The summed E-state index contributed by atoms with van der Waals surface area (Å²) in [5, 5.41) is 2.87. The fourth-order valence-electron chi connectivity index (χ4n) is 2.97. The van der Waals surface area contributed by atoms with Gasteiger partial charge in [0.25, 0.3) is 5.91 Å². The maximum Gasteiger partial charge on any atom is 0.262 e. The van der Waals surface area contributed by atoms with Crippen molar-refractivity contribution in [1.82, 2.24) is 0 Å². The molecule has 1 aliphatic carbocycles. The number of halogens is 1. The molecule has 2 aliphatic rings. The number of hydrogen-bond donors (Lipinski definition) is 1. The molecule has 19 heavy (non-hydrogen) atoms. The fourth-order valence-corrected chi connectivity index (χ4v) is 3.78. The van der Waals surface area contributed by atoms with E-state index >= 15 is 0 Å². The third-order valence-corrected chi connectivity index (χ3v) is 5.29. The lowest BCUT2D eigenvalue weighted by molar-refractivity contribution is -0.118. The lowest BCUT2D eigenvalue weighted by Crippen LogP contribution is -2.25. The van der Waals surface area contributed by atoms with Gasteiger partial charge in [-0.25, -0.2) is 0 Å². The molecule has 0 bridgehead atoms. The molecule has 1 aliphatic heterocycles. The number of amides is 1. The largest absolute Gasteiger partial charge is 0.482 e. The fraction of sp³-hybridized carbons (Fsp3) is 0.533. The van der Waals surface area contributed by atoms with Crippen LogP contribution >= 0.6 is 15.9 Å². The molecule has 0 saturated heterocycles. The Kier molecular flexibility index (Phi) is 3.78. The van der Waals surface area contributed by atoms with E-state index in [9.17, 15) is 4.79 Å². The van der Waals surface area contributed by atoms with Crippen LogP contribution in [-0.2, 0) is 4.79 Å². The second kappa shape index (κ2) is 5.53. The molecule has 0 spiro atoms. The van der Waals surface area contributed by atoms with Crippen LogP contribution in [0.3, 0.4) is 0 Å². The number of rotatable bonds is 2. The number of alkyl halides is 1. The highest BCUT2D eigenvalue weighted by Crippen LogP contribution is 2.42. The van der Waals surface area contributed by atoms with Crippen molar-refractivity contribution < 1.29 is 9.53 Å². The van der Waals surface area contributed by atoms with Crippen molar-refractivity contribution in [3.63, 3.8) is 0 Å². The molecule has 0 radical (unpaired) electrons. The summed E-state index contributed by atoms with van der Waals surface area (Å²) < 4.78 is 5.39. The van der Waals surface area contributed by atoms with Crippen molar-refractivity contribution >= 4 is 27.5 Å². The molecule has 1 saturated carbocycles. The molecule has 3 rings (SSSR count). The van der Waals surface area contributed by atoms with E-state index in [-0.39, 0.29) is 12.5 Å². The molecule has 1 fully saturated rings. The van der Waals surface area contributed by atoms with Crippen LogP contribution in [0.15, 0.2) is 18.2 Å². The van der Waals surface area contributed by atoms with E-state index in [2.05, 4.69) is 27.3 Å². The first kappa shape index (κ1) is 13.0. The number of anilines is 1. The van der Waals surface area contributed by atoms with Gasteiger partial charge < -0.3 is 10.1 Å². The quantitative estimate of drug-likeness (QED) is 0.834. The van der Waals surface area contributed by atoms with Gasteiger partial charge in [-0.3, -0.25) is 4.79 Å². The first-order valence-electron chi connectivity index (χ1n) is 6.95. The third-order valence-electron chi connectivity index (χ3n) is 4.02. The summed E-state index contributed by atoms with van der Waals surface area (Å²) in [6, 6.07) is 6.10. The van der Waals surface area contributed by atoms with Gasteiger partial charge in [-0.1, -0.05) is 41.3 Å². The number of benzene rings is 1. The number of nitrogens with one attached hydrogen (secondary N) is 1. The van der Waals surface area contributed by atoms with E-state index in [4.69, 9.17) is 4.74 Å². The molecular weight excluding hydrogens is 306 g/mol. The lowest BCUT2D eigenvalue weighted by atomic mass is 9.84. The summed E-state index contributed by atoms with van der Waals surface area (Å²) in [6.45, 7) is 0.118. The smallest absolute Gasteiger partial charge is 0.262 e. The van der Waals surface area contributed by atoms with Gasteiger partial charge in [0.1, 0.15) is 5.75 Å². The topological polar surface area (TPSA) is 38.3 Å². The van der Waals surface area contributed by atoms with Gasteiger partial charge in [-0.15, -0.1) is 0 Å². The minimum Gasteiger partial charge on any atom is -0.482 e. The van der Waals surface area contributed by atoms with Crippen LogP contribution in [0.4, 0.5) is 5.69 Å². The predicted octanol–water partition coefficient (Wildman–Crippen LogP) is 4.03. The van der Waals surface area contributed by atoms with Crippen LogP contribution in [0.1, 0.15) is 42.5 Å². The molecule has 1 N–H and O–H groups in total. The average molecular weight is 324 g/mol. The van der Waals surface area contributed by atoms with Crippen molar-refractivity contribution in [2.45, 2.75) is 36.9 Å². The van der Waals surface area contributed by atoms with Gasteiger partial charge in [0.15, 0.2) is 6.61 Å². The van der Waals surface area contributed by atoms with Crippen molar-refractivity contribution in [2.75, 3.05) is 11.9 Å². The minimum absolute atomic E-state index is 0.0755. The van der Waals surface area contributed by atoms with E-state index in [0.29, 0.717) is 10.7 Å². The summed E-state index contributed by atoms with van der Waals surface area (Å²) in [5.74, 6) is 1.40. The first-order chi connectivity index (χ1) is 9.24. The molecule has 1 unspecified atom stereocenters. The van der Waals surface area contributed by atoms with Crippen LogP contribution in [0, 0.1) is 5.92 Å². The first-order valence-corrected chi connectivity index (χ1v) is 7.86. The molecule has 0 aromatic heterocycles. The van der Waals surface area contributed by atoms with Crippen molar-refractivity contribution in [2.24, 2.45) is 5.92 Å². The molecule has 4 heteroatoms. The van der Waals surface area contributed by atoms with Crippen LogP contribution in [-0.4, -0.2) is 12.5 Å². The van der Waals surface area contributed by atoms with E-state index in [1.807, 2.05) is 12.1 Å². The number of fused-ring (bicyclic) bond motifs is 1. The summed E-state index contributed by atoms with van der Waals surface area (Å²) in [5.41, 5.74) is 2.03. The Morgan fingerprint density at radius 2 is 2.05 bits per heavy atom. The molecule has 1 aromatic rings. The van der Waals surface area contributed by atoms with E-state index in [1.54, 1.807) is 0 Å². The maximum atomic E-state index is 11.4. The summed E-state index contributed by atoms with van der Waals surface area (Å²) >= 11 is 3.84. The van der Waals surface area contributed by atoms with Crippen molar-refractivity contribution in [3.8, 4) is 5.75 Å².